The van der Waals surface area contributed by atoms with Gasteiger partial charge in [0.05, 0.1) is 10.1 Å². The maximum atomic E-state index is 11.8. The van der Waals surface area contributed by atoms with E-state index in [0.717, 1.165) is 10.0 Å². The van der Waals surface area contributed by atoms with Crippen molar-refractivity contribution in [3.05, 3.63) is 28.2 Å². The Bertz CT molecular complexity index is 435. The minimum atomic E-state index is -3.15. The topological polar surface area (TPSA) is 34.1 Å². The van der Waals surface area contributed by atoms with Crippen LogP contribution in [0.15, 0.2) is 27.6 Å². The average Bonchev–Trinajstić information content (AvgIpc) is 2.02. The third kappa shape index (κ3) is 2.17. The molecule has 14 heavy (non-hydrogen) atoms. The molecule has 0 spiro atoms. The van der Waals surface area contributed by atoms with Crippen LogP contribution in [0.1, 0.15) is 19.4 Å². The quantitative estimate of drug-likeness (QED) is 0.833. The maximum Gasteiger partial charge on any atom is 0.180 e. The summed E-state index contributed by atoms with van der Waals surface area (Å²) in [7, 11) is -3.15. The second-order valence-electron chi connectivity index (χ2n) is 3.50. The molecule has 1 rings (SSSR count). The first-order chi connectivity index (χ1) is 6.35. The molecule has 2 nitrogen and oxygen atoms in total. The van der Waals surface area contributed by atoms with Gasteiger partial charge in [-0.15, -0.1) is 0 Å². The minimum Gasteiger partial charge on any atom is -0.223 e. The van der Waals surface area contributed by atoms with E-state index in [0.29, 0.717) is 4.90 Å². The lowest BCUT2D eigenvalue weighted by molar-refractivity contribution is 0.587. The van der Waals surface area contributed by atoms with Crippen LogP contribution >= 0.6 is 15.9 Å². The molecule has 78 valence electrons. The zero-order valence-corrected chi connectivity index (χ0v) is 10.8. The predicted molar refractivity (Wildman–Crippen MR) is 61.2 cm³/mol. The van der Waals surface area contributed by atoms with Crippen LogP contribution in [0.3, 0.4) is 0 Å². The highest BCUT2D eigenvalue weighted by atomic mass is 79.9. The van der Waals surface area contributed by atoms with Crippen molar-refractivity contribution in [1.29, 1.82) is 0 Å². The molecule has 4 heteroatoms. The fourth-order valence-corrected chi connectivity index (χ4v) is 2.93. The van der Waals surface area contributed by atoms with Crippen LogP contribution in [0.4, 0.5) is 0 Å². The zero-order valence-electron chi connectivity index (χ0n) is 8.41. The molecule has 0 aliphatic heterocycles. The van der Waals surface area contributed by atoms with Gasteiger partial charge in [-0.25, -0.2) is 8.42 Å². The van der Waals surface area contributed by atoms with Crippen LogP contribution in [0.2, 0.25) is 0 Å². The molecule has 0 aromatic heterocycles. The molecule has 0 bridgehead atoms. The van der Waals surface area contributed by atoms with E-state index in [1.807, 2.05) is 6.07 Å². The summed E-state index contributed by atoms with van der Waals surface area (Å²) in [6, 6.07) is 5.21. The van der Waals surface area contributed by atoms with Crippen LogP contribution in [-0.2, 0) is 9.84 Å². The summed E-state index contributed by atoms with van der Waals surface area (Å²) in [5.74, 6) is 0. The maximum absolute atomic E-state index is 11.8. The Labute approximate surface area is 93.4 Å². The van der Waals surface area contributed by atoms with Gasteiger partial charge in [0.1, 0.15) is 0 Å². The van der Waals surface area contributed by atoms with Crippen LogP contribution in [0, 0.1) is 6.92 Å². The van der Waals surface area contributed by atoms with Crippen LogP contribution in [0.5, 0.6) is 0 Å². The zero-order chi connectivity index (χ0) is 10.9. The fraction of sp³-hybridized carbons (Fsp3) is 0.400. The number of halogens is 1. The third-order valence-electron chi connectivity index (χ3n) is 2.06. The Kier molecular flexibility index (Phi) is 3.37. The highest BCUT2D eigenvalue weighted by Gasteiger charge is 2.20. The fourth-order valence-electron chi connectivity index (χ4n) is 1.19. The first kappa shape index (κ1) is 11.7. The summed E-state index contributed by atoms with van der Waals surface area (Å²) in [5, 5.41) is -0.373. The average molecular weight is 277 g/mol. The summed E-state index contributed by atoms with van der Waals surface area (Å²) in [6.07, 6.45) is 0. The SMILES string of the molecule is Cc1cc(Br)ccc1S(=O)(=O)C(C)C. The lowest BCUT2D eigenvalue weighted by Crippen LogP contribution is -2.15. The molecule has 1 aromatic carbocycles. The Balaban J connectivity index is 3.35. The Morgan fingerprint density at radius 3 is 2.29 bits per heavy atom. The smallest absolute Gasteiger partial charge is 0.180 e. The molecular weight excluding hydrogens is 264 g/mol. The Hall–Kier alpha value is -0.350. The molecule has 0 atom stereocenters. The Morgan fingerprint density at radius 2 is 1.86 bits per heavy atom. The highest BCUT2D eigenvalue weighted by molar-refractivity contribution is 9.10. The molecule has 0 aliphatic rings. The van der Waals surface area contributed by atoms with E-state index in [2.05, 4.69) is 15.9 Å². The number of rotatable bonds is 2. The first-order valence-corrected chi connectivity index (χ1v) is 6.69. The van der Waals surface area contributed by atoms with E-state index in [-0.39, 0.29) is 5.25 Å². The van der Waals surface area contributed by atoms with Crippen LogP contribution < -0.4 is 0 Å². The van der Waals surface area contributed by atoms with Crippen molar-refractivity contribution in [2.75, 3.05) is 0 Å². The number of sulfone groups is 1. The molecule has 1 aromatic rings. The molecular formula is C10H13BrO2S. The van der Waals surface area contributed by atoms with E-state index < -0.39 is 9.84 Å². The Morgan fingerprint density at radius 1 is 1.29 bits per heavy atom. The van der Waals surface area contributed by atoms with Crippen molar-refractivity contribution < 1.29 is 8.42 Å². The van der Waals surface area contributed by atoms with Gasteiger partial charge in [-0.1, -0.05) is 15.9 Å². The molecule has 0 saturated carbocycles. The van der Waals surface area contributed by atoms with Gasteiger partial charge in [-0.2, -0.15) is 0 Å². The van der Waals surface area contributed by atoms with Gasteiger partial charge in [-0.05, 0) is 44.5 Å². The van der Waals surface area contributed by atoms with E-state index >= 15 is 0 Å². The van der Waals surface area contributed by atoms with Crippen molar-refractivity contribution in [3.8, 4) is 0 Å². The van der Waals surface area contributed by atoms with Gasteiger partial charge >= 0.3 is 0 Å². The standard InChI is InChI=1S/C10H13BrO2S/c1-7(2)14(12,13)10-5-4-9(11)6-8(10)3/h4-7H,1-3H3. The van der Waals surface area contributed by atoms with E-state index in [1.165, 1.54) is 0 Å². The summed E-state index contributed by atoms with van der Waals surface area (Å²) < 4.78 is 24.6. The van der Waals surface area contributed by atoms with Gasteiger partial charge in [0.15, 0.2) is 9.84 Å². The van der Waals surface area contributed by atoms with E-state index in [1.54, 1.807) is 32.9 Å². The second-order valence-corrected chi connectivity index (χ2v) is 6.89. The minimum absolute atomic E-state index is 0.373. The summed E-state index contributed by atoms with van der Waals surface area (Å²) in [6.45, 7) is 5.19. The van der Waals surface area contributed by atoms with Crippen molar-refractivity contribution in [1.82, 2.24) is 0 Å². The van der Waals surface area contributed by atoms with Crippen molar-refractivity contribution in [2.24, 2.45) is 0 Å². The van der Waals surface area contributed by atoms with Crippen molar-refractivity contribution >= 4 is 25.8 Å². The van der Waals surface area contributed by atoms with Gasteiger partial charge in [0.2, 0.25) is 0 Å². The molecule has 0 saturated heterocycles. The summed E-state index contributed by atoms with van der Waals surface area (Å²) in [4.78, 5) is 0.427. The second kappa shape index (κ2) is 4.03. The molecule has 0 N–H and O–H groups in total. The molecule has 0 unspecified atom stereocenters. The summed E-state index contributed by atoms with van der Waals surface area (Å²) >= 11 is 3.31. The normalized spacial score (nSPS) is 12.1. The number of aryl methyl sites for hydroxylation is 1. The van der Waals surface area contributed by atoms with Gasteiger partial charge < -0.3 is 0 Å². The van der Waals surface area contributed by atoms with Crippen LogP contribution in [0.25, 0.3) is 0 Å². The van der Waals surface area contributed by atoms with Gasteiger partial charge in [0.25, 0.3) is 0 Å². The predicted octanol–water partition coefficient (Wildman–Crippen LogP) is 2.94. The van der Waals surface area contributed by atoms with Crippen molar-refractivity contribution in [2.45, 2.75) is 30.9 Å². The number of benzene rings is 1. The van der Waals surface area contributed by atoms with E-state index in [4.69, 9.17) is 0 Å². The lowest BCUT2D eigenvalue weighted by Gasteiger charge is -2.10. The van der Waals surface area contributed by atoms with Gasteiger partial charge in [-0.3, -0.25) is 0 Å². The molecule has 0 radical (unpaired) electrons. The largest absolute Gasteiger partial charge is 0.223 e. The summed E-state index contributed by atoms with van der Waals surface area (Å²) in [5.41, 5.74) is 0.785. The highest BCUT2D eigenvalue weighted by Crippen LogP contribution is 2.23. The first-order valence-electron chi connectivity index (χ1n) is 4.35. The molecule has 0 amide bonds. The van der Waals surface area contributed by atoms with E-state index in [9.17, 15) is 8.42 Å². The number of hydrogen-bond donors (Lipinski definition) is 0. The third-order valence-corrected chi connectivity index (χ3v) is 4.87. The van der Waals surface area contributed by atoms with Crippen LogP contribution in [-0.4, -0.2) is 13.7 Å². The van der Waals surface area contributed by atoms with Gasteiger partial charge in [0, 0.05) is 4.47 Å². The number of hydrogen-bond acceptors (Lipinski definition) is 2. The lowest BCUT2D eigenvalue weighted by atomic mass is 10.2. The molecule has 0 fully saturated rings. The molecule has 0 aliphatic carbocycles. The monoisotopic (exact) mass is 276 g/mol. The van der Waals surface area contributed by atoms with Crippen molar-refractivity contribution in [3.63, 3.8) is 0 Å². The molecule has 0 heterocycles.